The minimum absolute atomic E-state index is 0.0137. The Morgan fingerprint density at radius 1 is 1.03 bits per heavy atom. The van der Waals surface area contributed by atoms with Crippen molar-refractivity contribution in [3.05, 3.63) is 76.9 Å². The van der Waals surface area contributed by atoms with Crippen LogP contribution < -0.4 is 0 Å². The second-order valence-corrected chi connectivity index (χ2v) is 7.74. The summed E-state index contributed by atoms with van der Waals surface area (Å²) in [5, 5.41) is 0. The molecule has 156 valence electrons. The van der Waals surface area contributed by atoms with Crippen LogP contribution in [0, 0.1) is 17.6 Å². The molecule has 0 unspecified atom stereocenters. The minimum atomic E-state index is -1.02. The maximum atomic E-state index is 14.9. The lowest BCUT2D eigenvalue weighted by Crippen LogP contribution is -2.16. The molecule has 1 saturated carbocycles. The van der Waals surface area contributed by atoms with Gasteiger partial charge in [0.15, 0.2) is 17.5 Å². The van der Waals surface area contributed by atoms with E-state index in [4.69, 9.17) is 4.74 Å². The number of methoxy groups -OCH3 is 1. The predicted octanol–water partition coefficient (Wildman–Crippen LogP) is 7.33. The Morgan fingerprint density at radius 3 is 2.41 bits per heavy atom. The number of hydrogen-bond acceptors (Lipinski definition) is 1. The number of halogens is 4. The molecular weight excluding hydrogens is 380 g/mol. The molecule has 0 radical (unpaired) electrons. The first-order valence-corrected chi connectivity index (χ1v) is 10.0. The van der Waals surface area contributed by atoms with Crippen LogP contribution in [0.3, 0.4) is 0 Å². The van der Waals surface area contributed by atoms with E-state index in [1.54, 1.807) is 13.2 Å². The maximum absolute atomic E-state index is 14.9. The predicted molar refractivity (Wildman–Crippen MR) is 108 cm³/mol. The van der Waals surface area contributed by atoms with E-state index in [1.807, 2.05) is 0 Å². The quantitative estimate of drug-likeness (QED) is 0.450. The Morgan fingerprint density at radius 2 is 1.76 bits per heavy atom. The summed E-state index contributed by atoms with van der Waals surface area (Å²) in [6.45, 7) is 4.16. The minimum Gasteiger partial charge on any atom is -0.385 e. The molecule has 0 aliphatic heterocycles. The first-order valence-electron chi connectivity index (χ1n) is 10.0. The first kappa shape index (κ1) is 21.6. The van der Waals surface area contributed by atoms with Crippen LogP contribution in [0.2, 0.25) is 0 Å². The summed E-state index contributed by atoms with van der Waals surface area (Å²) in [6.07, 6.45) is 8.04. The number of benzene rings is 1. The molecule has 0 amide bonds. The zero-order valence-electron chi connectivity index (χ0n) is 16.6. The largest absolute Gasteiger partial charge is 0.385 e. The summed E-state index contributed by atoms with van der Waals surface area (Å²) in [5.41, 5.74) is 0.515. The normalized spacial score (nSPS) is 22.8. The van der Waals surface area contributed by atoms with Gasteiger partial charge in [-0.25, -0.2) is 17.6 Å². The van der Waals surface area contributed by atoms with Gasteiger partial charge in [-0.2, -0.15) is 0 Å². The van der Waals surface area contributed by atoms with E-state index in [9.17, 15) is 17.6 Å². The highest BCUT2D eigenvalue weighted by Crippen LogP contribution is 2.40. The van der Waals surface area contributed by atoms with Crippen LogP contribution >= 0.6 is 0 Å². The molecule has 3 rings (SSSR count). The van der Waals surface area contributed by atoms with E-state index in [1.165, 1.54) is 24.3 Å². The highest BCUT2D eigenvalue weighted by atomic mass is 19.2. The van der Waals surface area contributed by atoms with Gasteiger partial charge < -0.3 is 4.74 Å². The third-order valence-corrected chi connectivity index (χ3v) is 6.00. The van der Waals surface area contributed by atoms with Gasteiger partial charge in [-0.05, 0) is 55.1 Å². The SMILES string of the molecule is C=CC1=CC=C(c2ccc(C3CCC(CCOC)CC3)c(F)c2F)CC(F)=C1F. The monoisotopic (exact) mass is 406 g/mol. The Labute approximate surface area is 169 Å². The van der Waals surface area contributed by atoms with Crippen LogP contribution in [-0.2, 0) is 4.74 Å². The molecule has 0 bridgehead atoms. The van der Waals surface area contributed by atoms with E-state index in [2.05, 4.69) is 6.58 Å². The molecule has 0 saturated heterocycles. The molecule has 0 spiro atoms. The van der Waals surface area contributed by atoms with Gasteiger partial charge in [0, 0.05) is 31.3 Å². The van der Waals surface area contributed by atoms with E-state index < -0.39 is 29.7 Å². The van der Waals surface area contributed by atoms with Crippen molar-refractivity contribution in [1.82, 2.24) is 0 Å². The van der Waals surface area contributed by atoms with Crippen LogP contribution in [0.5, 0.6) is 0 Å². The lowest BCUT2D eigenvalue weighted by atomic mass is 9.77. The smallest absolute Gasteiger partial charge is 0.166 e. The molecule has 2 aliphatic rings. The van der Waals surface area contributed by atoms with E-state index in [-0.39, 0.29) is 22.6 Å². The Balaban J connectivity index is 1.81. The third-order valence-electron chi connectivity index (χ3n) is 6.00. The van der Waals surface area contributed by atoms with Crippen LogP contribution in [0.1, 0.15) is 55.6 Å². The highest BCUT2D eigenvalue weighted by Gasteiger charge is 2.27. The molecule has 5 heteroatoms. The average Bonchev–Trinajstić information content (AvgIpc) is 2.87. The summed E-state index contributed by atoms with van der Waals surface area (Å²) in [7, 11) is 1.68. The standard InChI is InChI=1S/C24H26F4O/c1-3-16-8-9-18(14-21(25)22(16)26)20-11-10-19(23(27)24(20)28)17-6-4-15(5-7-17)12-13-29-2/h3,8-11,15,17H,1,4-7,12-14H2,2H3. The molecule has 1 aromatic carbocycles. The van der Waals surface area contributed by atoms with Crippen molar-refractivity contribution in [2.45, 2.75) is 44.4 Å². The molecule has 0 atom stereocenters. The average molecular weight is 406 g/mol. The van der Waals surface area contributed by atoms with Crippen molar-refractivity contribution in [1.29, 1.82) is 0 Å². The first-order chi connectivity index (χ1) is 14.0. The van der Waals surface area contributed by atoms with Gasteiger partial charge in [-0.1, -0.05) is 36.9 Å². The zero-order chi connectivity index (χ0) is 21.0. The molecule has 1 aromatic rings. The van der Waals surface area contributed by atoms with E-state index in [0.717, 1.165) is 38.7 Å². The summed E-state index contributed by atoms with van der Waals surface area (Å²) in [5.74, 6) is -3.39. The van der Waals surface area contributed by atoms with Gasteiger partial charge in [0.1, 0.15) is 5.83 Å². The topological polar surface area (TPSA) is 9.23 Å². The fourth-order valence-electron chi connectivity index (χ4n) is 4.24. The van der Waals surface area contributed by atoms with Crippen molar-refractivity contribution in [3.8, 4) is 0 Å². The summed E-state index contributed by atoms with van der Waals surface area (Å²) >= 11 is 0. The van der Waals surface area contributed by atoms with Gasteiger partial charge in [0.25, 0.3) is 0 Å². The Bertz CT molecular complexity index is 858. The fraction of sp³-hybridized carbons (Fsp3) is 0.417. The van der Waals surface area contributed by atoms with Crippen molar-refractivity contribution in [2.24, 2.45) is 5.92 Å². The molecule has 0 N–H and O–H groups in total. The second kappa shape index (κ2) is 9.57. The Kier molecular flexibility index (Phi) is 7.12. The molecule has 1 nitrogen and oxygen atoms in total. The molecular formula is C24H26F4O. The fourth-order valence-corrected chi connectivity index (χ4v) is 4.24. The van der Waals surface area contributed by atoms with E-state index >= 15 is 0 Å². The highest BCUT2D eigenvalue weighted by molar-refractivity contribution is 5.71. The van der Waals surface area contributed by atoms with Crippen molar-refractivity contribution in [2.75, 3.05) is 13.7 Å². The molecule has 1 fully saturated rings. The van der Waals surface area contributed by atoms with Gasteiger partial charge in [0.05, 0.1) is 0 Å². The molecule has 2 aliphatic carbocycles. The Hall–Kier alpha value is -2.14. The number of hydrogen-bond donors (Lipinski definition) is 0. The number of ether oxygens (including phenoxy) is 1. The zero-order valence-corrected chi connectivity index (χ0v) is 16.6. The van der Waals surface area contributed by atoms with Crippen LogP contribution in [0.15, 0.2) is 54.2 Å². The maximum Gasteiger partial charge on any atom is 0.166 e. The summed E-state index contributed by atoms with van der Waals surface area (Å²) in [6, 6.07) is 3.07. The van der Waals surface area contributed by atoms with Crippen LogP contribution in [0.25, 0.3) is 5.57 Å². The summed E-state index contributed by atoms with van der Waals surface area (Å²) in [4.78, 5) is 0. The van der Waals surface area contributed by atoms with Gasteiger partial charge in [-0.3, -0.25) is 0 Å². The molecule has 29 heavy (non-hydrogen) atoms. The van der Waals surface area contributed by atoms with Crippen molar-refractivity contribution < 1.29 is 22.3 Å². The van der Waals surface area contributed by atoms with Crippen LogP contribution in [0.4, 0.5) is 17.6 Å². The van der Waals surface area contributed by atoms with Gasteiger partial charge in [0.2, 0.25) is 0 Å². The number of allylic oxidation sites excluding steroid dienone is 7. The lowest BCUT2D eigenvalue weighted by Gasteiger charge is -2.29. The van der Waals surface area contributed by atoms with Crippen molar-refractivity contribution >= 4 is 5.57 Å². The van der Waals surface area contributed by atoms with Gasteiger partial charge >= 0.3 is 0 Å². The molecule has 0 aromatic heterocycles. The van der Waals surface area contributed by atoms with E-state index in [0.29, 0.717) is 11.5 Å². The third kappa shape index (κ3) is 4.72. The second-order valence-electron chi connectivity index (χ2n) is 7.74. The summed E-state index contributed by atoms with van der Waals surface area (Å²) < 4.78 is 62.9. The van der Waals surface area contributed by atoms with Crippen molar-refractivity contribution in [3.63, 3.8) is 0 Å². The lowest BCUT2D eigenvalue weighted by molar-refractivity contribution is 0.162. The van der Waals surface area contributed by atoms with Gasteiger partial charge in [-0.15, -0.1) is 0 Å². The number of rotatable bonds is 6. The van der Waals surface area contributed by atoms with Crippen LogP contribution in [-0.4, -0.2) is 13.7 Å². The molecule has 0 heterocycles.